The number of aromatic nitrogens is 2. The average molecular weight is 281 g/mol. The van der Waals surface area contributed by atoms with E-state index in [4.69, 9.17) is 4.74 Å². The summed E-state index contributed by atoms with van der Waals surface area (Å²) >= 11 is 0. The molecule has 0 unspecified atom stereocenters. The topological polar surface area (TPSA) is 39.1 Å². The Bertz CT molecular complexity index is 380. The zero-order chi connectivity index (χ0) is 13.7. The first-order valence-corrected chi connectivity index (χ1v) is 11.1. The molecule has 2 rings (SSSR count). The molecular formula is C14H27N3OSi. The summed E-state index contributed by atoms with van der Waals surface area (Å²) in [4.78, 5) is 4.30. The van der Waals surface area contributed by atoms with E-state index in [-0.39, 0.29) is 0 Å². The minimum Gasteiger partial charge on any atom is -0.361 e. The van der Waals surface area contributed by atoms with E-state index in [1.54, 1.807) is 0 Å². The van der Waals surface area contributed by atoms with E-state index >= 15 is 0 Å². The molecule has 0 aliphatic carbocycles. The lowest BCUT2D eigenvalue weighted by Crippen LogP contribution is -2.28. The van der Waals surface area contributed by atoms with Crippen molar-refractivity contribution in [2.45, 2.75) is 51.2 Å². The minimum atomic E-state index is -0.983. The first kappa shape index (κ1) is 14.7. The van der Waals surface area contributed by atoms with Gasteiger partial charge >= 0.3 is 0 Å². The number of imidazole rings is 1. The summed E-state index contributed by atoms with van der Waals surface area (Å²) in [5.74, 6) is 0.643. The van der Waals surface area contributed by atoms with Crippen LogP contribution in [0.3, 0.4) is 0 Å². The summed E-state index contributed by atoms with van der Waals surface area (Å²) in [6.45, 7) is 10.9. The Hall–Kier alpha value is -0.653. The molecule has 2 heterocycles. The van der Waals surface area contributed by atoms with E-state index < -0.39 is 8.07 Å². The van der Waals surface area contributed by atoms with Crippen LogP contribution in [0, 0.1) is 0 Å². The van der Waals surface area contributed by atoms with Crippen LogP contribution < -0.4 is 5.32 Å². The van der Waals surface area contributed by atoms with Gasteiger partial charge < -0.3 is 14.6 Å². The summed E-state index contributed by atoms with van der Waals surface area (Å²) in [6.07, 6.45) is 6.34. The smallest absolute Gasteiger partial charge is 0.123 e. The van der Waals surface area contributed by atoms with Gasteiger partial charge in [-0.05, 0) is 32.0 Å². The van der Waals surface area contributed by atoms with Crippen LogP contribution in [-0.2, 0) is 11.5 Å². The average Bonchev–Trinajstić information content (AvgIpc) is 2.83. The van der Waals surface area contributed by atoms with Gasteiger partial charge in [-0.15, -0.1) is 0 Å². The SMILES string of the molecule is C[Si](C)(C)CCOCn1cncc1C1CCNCC1. The van der Waals surface area contributed by atoms with Crippen LogP contribution in [0.15, 0.2) is 12.5 Å². The van der Waals surface area contributed by atoms with Gasteiger partial charge in [-0.2, -0.15) is 0 Å². The van der Waals surface area contributed by atoms with E-state index in [9.17, 15) is 0 Å². The van der Waals surface area contributed by atoms with E-state index in [0.717, 1.165) is 19.7 Å². The summed E-state index contributed by atoms with van der Waals surface area (Å²) in [5.41, 5.74) is 1.34. The molecule has 1 aliphatic rings. The Balaban J connectivity index is 1.82. The van der Waals surface area contributed by atoms with Gasteiger partial charge in [0.05, 0.1) is 6.33 Å². The Kier molecular flexibility index (Phi) is 5.18. The number of hydrogen-bond acceptors (Lipinski definition) is 3. The lowest BCUT2D eigenvalue weighted by atomic mass is 9.95. The molecule has 0 spiro atoms. The van der Waals surface area contributed by atoms with Crippen LogP contribution in [-0.4, -0.2) is 37.3 Å². The van der Waals surface area contributed by atoms with Crippen molar-refractivity contribution >= 4 is 8.07 Å². The Morgan fingerprint density at radius 1 is 1.37 bits per heavy atom. The third-order valence-corrected chi connectivity index (χ3v) is 5.43. The number of piperidine rings is 1. The van der Waals surface area contributed by atoms with Crippen molar-refractivity contribution in [1.82, 2.24) is 14.9 Å². The second kappa shape index (κ2) is 6.68. The highest BCUT2D eigenvalue weighted by Crippen LogP contribution is 2.24. The van der Waals surface area contributed by atoms with Crippen molar-refractivity contribution in [2.75, 3.05) is 19.7 Å². The maximum absolute atomic E-state index is 5.83. The molecule has 4 nitrogen and oxygen atoms in total. The van der Waals surface area contributed by atoms with Gasteiger partial charge in [-0.3, -0.25) is 0 Å². The van der Waals surface area contributed by atoms with Gasteiger partial charge in [-0.25, -0.2) is 4.98 Å². The molecule has 1 aromatic rings. The lowest BCUT2D eigenvalue weighted by Gasteiger charge is -2.23. The first-order chi connectivity index (χ1) is 9.06. The van der Waals surface area contributed by atoms with Crippen molar-refractivity contribution in [3.8, 4) is 0 Å². The fourth-order valence-electron chi connectivity index (χ4n) is 2.44. The molecule has 0 atom stereocenters. The highest BCUT2D eigenvalue weighted by atomic mass is 28.3. The van der Waals surface area contributed by atoms with Gasteiger partial charge in [0, 0.05) is 32.5 Å². The summed E-state index contributed by atoms with van der Waals surface area (Å²) in [6, 6.07) is 1.23. The van der Waals surface area contributed by atoms with Crippen molar-refractivity contribution in [2.24, 2.45) is 0 Å². The molecule has 0 saturated carbocycles. The second-order valence-corrected chi connectivity index (χ2v) is 12.3. The lowest BCUT2D eigenvalue weighted by molar-refractivity contribution is 0.0841. The molecule has 1 aliphatic heterocycles. The molecule has 1 saturated heterocycles. The monoisotopic (exact) mass is 281 g/mol. The van der Waals surface area contributed by atoms with Crippen molar-refractivity contribution in [1.29, 1.82) is 0 Å². The maximum atomic E-state index is 5.83. The van der Waals surface area contributed by atoms with Crippen LogP contribution in [0.4, 0.5) is 0 Å². The Labute approximate surface area is 117 Å². The number of ether oxygens (including phenoxy) is 1. The zero-order valence-electron chi connectivity index (χ0n) is 12.5. The van der Waals surface area contributed by atoms with Gasteiger partial charge in [-0.1, -0.05) is 19.6 Å². The predicted molar refractivity (Wildman–Crippen MR) is 81.2 cm³/mol. The molecule has 5 heteroatoms. The maximum Gasteiger partial charge on any atom is 0.123 e. The van der Waals surface area contributed by atoms with Crippen LogP contribution in [0.5, 0.6) is 0 Å². The molecule has 19 heavy (non-hydrogen) atoms. The highest BCUT2D eigenvalue weighted by Gasteiger charge is 2.19. The van der Waals surface area contributed by atoms with E-state index in [1.165, 1.54) is 24.6 Å². The van der Waals surface area contributed by atoms with Crippen LogP contribution in [0.25, 0.3) is 0 Å². The number of hydrogen-bond donors (Lipinski definition) is 1. The van der Waals surface area contributed by atoms with Crippen LogP contribution >= 0.6 is 0 Å². The predicted octanol–water partition coefficient (Wildman–Crippen LogP) is 2.66. The van der Waals surface area contributed by atoms with Gasteiger partial charge in [0.1, 0.15) is 6.73 Å². The summed E-state index contributed by atoms with van der Waals surface area (Å²) < 4.78 is 8.01. The molecule has 0 radical (unpaired) electrons. The normalized spacial score (nSPS) is 17.8. The second-order valence-electron chi connectivity index (χ2n) is 6.66. The number of nitrogens with zero attached hydrogens (tertiary/aromatic N) is 2. The highest BCUT2D eigenvalue weighted by molar-refractivity contribution is 6.76. The number of rotatable bonds is 6. The van der Waals surface area contributed by atoms with Crippen molar-refractivity contribution in [3.05, 3.63) is 18.2 Å². The third-order valence-electron chi connectivity index (χ3n) is 3.73. The van der Waals surface area contributed by atoms with E-state index in [0.29, 0.717) is 12.6 Å². The summed E-state index contributed by atoms with van der Waals surface area (Å²) in [5, 5.41) is 3.41. The molecule has 1 fully saturated rings. The van der Waals surface area contributed by atoms with Gasteiger partial charge in [0.25, 0.3) is 0 Å². The Morgan fingerprint density at radius 3 is 2.79 bits per heavy atom. The third kappa shape index (κ3) is 4.74. The number of nitrogens with one attached hydrogen (secondary N) is 1. The molecule has 108 valence electrons. The molecule has 1 N–H and O–H groups in total. The minimum absolute atomic E-state index is 0.643. The fraction of sp³-hybridized carbons (Fsp3) is 0.786. The van der Waals surface area contributed by atoms with Crippen molar-refractivity contribution in [3.63, 3.8) is 0 Å². The first-order valence-electron chi connectivity index (χ1n) is 7.35. The quantitative estimate of drug-likeness (QED) is 0.643. The molecule has 1 aromatic heterocycles. The largest absolute Gasteiger partial charge is 0.361 e. The zero-order valence-corrected chi connectivity index (χ0v) is 13.5. The Morgan fingerprint density at radius 2 is 2.11 bits per heavy atom. The molecular weight excluding hydrogens is 254 g/mol. The molecule has 0 bridgehead atoms. The molecule has 0 amide bonds. The molecule has 0 aromatic carbocycles. The van der Waals surface area contributed by atoms with E-state index in [1.807, 2.05) is 12.5 Å². The van der Waals surface area contributed by atoms with Gasteiger partial charge in [0.2, 0.25) is 0 Å². The standard InChI is InChI=1S/C14H27N3OSi/c1-19(2,3)9-8-18-12-17-11-16-10-14(17)13-4-6-15-7-5-13/h10-11,13,15H,4-9,12H2,1-3H3. The van der Waals surface area contributed by atoms with Gasteiger partial charge in [0.15, 0.2) is 0 Å². The van der Waals surface area contributed by atoms with Crippen LogP contribution in [0.1, 0.15) is 24.5 Å². The van der Waals surface area contributed by atoms with Crippen LogP contribution in [0.2, 0.25) is 25.7 Å². The summed E-state index contributed by atoms with van der Waals surface area (Å²) in [7, 11) is -0.983. The van der Waals surface area contributed by atoms with Crippen molar-refractivity contribution < 1.29 is 4.74 Å². The van der Waals surface area contributed by atoms with E-state index in [2.05, 4.69) is 34.5 Å². The fourth-order valence-corrected chi connectivity index (χ4v) is 3.19.